The first-order valence-corrected chi connectivity index (χ1v) is 7.08. The van der Waals surface area contributed by atoms with Crippen molar-refractivity contribution in [1.29, 1.82) is 0 Å². The molecule has 1 aromatic rings. The summed E-state index contributed by atoms with van der Waals surface area (Å²) in [6.45, 7) is 3.07. The van der Waals surface area contributed by atoms with Crippen LogP contribution in [0, 0.1) is 11.8 Å². The summed E-state index contributed by atoms with van der Waals surface area (Å²) in [5.74, 6) is 0.971. The number of rotatable bonds is 3. The highest BCUT2D eigenvalue weighted by atomic mass is 35.5. The third-order valence-electron chi connectivity index (χ3n) is 4.27. The van der Waals surface area contributed by atoms with Gasteiger partial charge in [-0.1, -0.05) is 25.5 Å². The molecule has 0 aliphatic heterocycles. The quantitative estimate of drug-likeness (QED) is 0.902. The van der Waals surface area contributed by atoms with Crippen LogP contribution in [-0.4, -0.2) is 35.8 Å². The molecule has 3 nitrogen and oxygen atoms in total. The van der Waals surface area contributed by atoms with Gasteiger partial charge in [-0.3, -0.25) is 0 Å². The first-order chi connectivity index (χ1) is 8.91. The van der Waals surface area contributed by atoms with Gasteiger partial charge in [0, 0.05) is 12.5 Å². The predicted molar refractivity (Wildman–Crippen MR) is 84.3 cm³/mol. The molecule has 4 heteroatoms. The Hall–Kier alpha value is -0.770. The fraction of sp³-hybridized carbons (Fsp3) is 0.625. The average Bonchev–Trinajstić information content (AvgIpc) is 2.32. The van der Waals surface area contributed by atoms with Gasteiger partial charge in [0.25, 0.3) is 0 Å². The van der Waals surface area contributed by atoms with Gasteiger partial charge in [-0.25, -0.2) is 0 Å². The number of benzene rings is 1. The number of hydrogen-bond donors (Lipinski definition) is 2. The molecule has 1 saturated carbocycles. The Morgan fingerprint density at radius 2 is 2.00 bits per heavy atom. The third kappa shape index (κ3) is 3.66. The second kappa shape index (κ2) is 6.79. The Kier molecular flexibility index (Phi) is 5.87. The highest BCUT2D eigenvalue weighted by Crippen LogP contribution is 2.44. The zero-order valence-electron chi connectivity index (χ0n) is 12.5. The van der Waals surface area contributed by atoms with E-state index in [1.807, 2.05) is 26.2 Å². The van der Waals surface area contributed by atoms with Gasteiger partial charge < -0.3 is 15.1 Å². The third-order valence-corrected chi connectivity index (χ3v) is 4.27. The largest absolute Gasteiger partial charge is 0.508 e. The smallest absolute Gasteiger partial charge is 0.115 e. The van der Waals surface area contributed by atoms with Crippen LogP contribution in [0.1, 0.15) is 31.7 Å². The van der Waals surface area contributed by atoms with E-state index in [0.717, 1.165) is 24.9 Å². The topological polar surface area (TPSA) is 43.7 Å². The summed E-state index contributed by atoms with van der Waals surface area (Å²) in [5, 5.41) is 20.9. The predicted octanol–water partition coefficient (Wildman–Crippen LogP) is 3.00. The van der Waals surface area contributed by atoms with Gasteiger partial charge in [-0.15, -0.1) is 12.4 Å². The minimum atomic E-state index is -0.819. The maximum atomic E-state index is 11.2. The van der Waals surface area contributed by atoms with Crippen molar-refractivity contribution in [2.24, 2.45) is 11.8 Å². The molecule has 0 aromatic heterocycles. The van der Waals surface area contributed by atoms with Gasteiger partial charge in [0.1, 0.15) is 5.75 Å². The summed E-state index contributed by atoms with van der Waals surface area (Å²) in [7, 11) is 4.09. The monoisotopic (exact) mass is 299 g/mol. The zero-order valence-corrected chi connectivity index (χ0v) is 13.4. The van der Waals surface area contributed by atoms with Crippen LogP contribution in [0.15, 0.2) is 24.3 Å². The molecule has 2 rings (SSSR count). The second-order valence-corrected chi connectivity index (χ2v) is 6.32. The van der Waals surface area contributed by atoms with E-state index in [1.165, 1.54) is 6.42 Å². The molecule has 3 atom stereocenters. The molecule has 0 amide bonds. The van der Waals surface area contributed by atoms with Crippen molar-refractivity contribution in [2.75, 3.05) is 20.6 Å². The molecule has 20 heavy (non-hydrogen) atoms. The number of phenolic OH excluding ortho intramolecular Hbond substituents is 1. The van der Waals surface area contributed by atoms with Crippen LogP contribution in [0.3, 0.4) is 0 Å². The Labute approximate surface area is 128 Å². The van der Waals surface area contributed by atoms with Crippen molar-refractivity contribution in [3.8, 4) is 5.75 Å². The lowest BCUT2D eigenvalue weighted by molar-refractivity contribution is -0.0766. The summed E-state index contributed by atoms with van der Waals surface area (Å²) in [6.07, 6.45) is 2.97. The Bertz CT molecular complexity index is 438. The molecule has 0 spiro atoms. The summed E-state index contributed by atoms with van der Waals surface area (Å²) in [6, 6.07) is 7.11. The lowest BCUT2D eigenvalue weighted by Crippen LogP contribution is -2.44. The molecule has 3 unspecified atom stereocenters. The second-order valence-electron chi connectivity index (χ2n) is 6.32. The number of hydrogen-bond acceptors (Lipinski definition) is 3. The Balaban J connectivity index is 0.00000200. The molecule has 1 aliphatic carbocycles. The van der Waals surface area contributed by atoms with Gasteiger partial charge >= 0.3 is 0 Å². The molecule has 0 radical (unpaired) electrons. The summed E-state index contributed by atoms with van der Waals surface area (Å²) in [4.78, 5) is 2.13. The van der Waals surface area contributed by atoms with Gasteiger partial charge in [-0.05, 0) is 50.6 Å². The van der Waals surface area contributed by atoms with Crippen molar-refractivity contribution in [3.63, 3.8) is 0 Å². The average molecular weight is 300 g/mol. The van der Waals surface area contributed by atoms with E-state index in [2.05, 4.69) is 11.8 Å². The van der Waals surface area contributed by atoms with E-state index in [9.17, 15) is 10.2 Å². The number of halogens is 1. The van der Waals surface area contributed by atoms with Crippen molar-refractivity contribution in [2.45, 2.75) is 31.8 Å². The minimum Gasteiger partial charge on any atom is -0.508 e. The van der Waals surface area contributed by atoms with Crippen LogP contribution in [0.25, 0.3) is 0 Å². The van der Waals surface area contributed by atoms with Crippen LogP contribution in [0.4, 0.5) is 0 Å². The van der Waals surface area contributed by atoms with Gasteiger partial charge in [-0.2, -0.15) is 0 Å². The number of aromatic hydroxyl groups is 1. The molecule has 0 saturated heterocycles. The van der Waals surface area contributed by atoms with E-state index < -0.39 is 5.60 Å². The minimum absolute atomic E-state index is 0. The number of nitrogens with zero attached hydrogens (tertiary/aromatic N) is 1. The summed E-state index contributed by atoms with van der Waals surface area (Å²) < 4.78 is 0. The first kappa shape index (κ1) is 17.3. The number of aliphatic hydroxyl groups is 1. The molecule has 1 aromatic carbocycles. The maximum Gasteiger partial charge on any atom is 0.115 e. The van der Waals surface area contributed by atoms with Crippen LogP contribution >= 0.6 is 12.4 Å². The molecule has 114 valence electrons. The van der Waals surface area contributed by atoms with Crippen LogP contribution in [0.2, 0.25) is 0 Å². The van der Waals surface area contributed by atoms with Gasteiger partial charge in [0.15, 0.2) is 0 Å². The summed E-state index contributed by atoms with van der Waals surface area (Å²) in [5.41, 5.74) is 0.0339. The Morgan fingerprint density at radius 3 is 2.60 bits per heavy atom. The Morgan fingerprint density at radius 1 is 1.30 bits per heavy atom. The first-order valence-electron chi connectivity index (χ1n) is 7.08. The lowest BCUT2D eigenvalue weighted by atomic mass is 9.68. The van der Waals surface area contributed by atoms with E-state index >= 15 is 0 Å². The van der Waals surface area contributed by atoms with Crippen LogP contribution < -0.4 is 0 Å². The maximum absolute atomic E-state index is 11.2. The standard InChI is InChI=1S/C16H25NO2.ClH/c1-12-7-8-14(11-17(2)3)16(19,10-12)13-5-4-6-15(18)9-13;/h4-6,9,12,14,18-19H,7-8,10-11H2,1-3H3;1H. The lowest BCUT2D eigenvalue weighted by Gasteiger charge is -2.44. The molecule has 2 N–H and O–H groups in total. The van der Waals surface area contributed by atoms with Crippen molar-refractivity contribution >= 4 is 12.4 Å². The highest BCUT2D eigenvalue weighted by molar-refractivity contribution is 5.85. The van der Waals surface area contributed by atoms with Gasteiger partial charge in [0.2, 0.25) is 0 Å². The van der Waals surface area contributed by atoms with Gasteiger partial charge in [0.05, 0.1) is 5.60 Å². The molecule has 0 heterocycles. The molecular formula is C16H26ClNO2. The van der Waals surface area contributed by atoms with Crippen molar-refractivity contribution in [1.82, 2.24) is 4.90 Å². The molecule has 1 aliphatic rings. The van der Waals surface area contributed by atoms with Crippen LogP contribution in [-0.2, 0) is 5.60 Å². The molecule has 0 bridgehead atoms. The van der Waals surface area contributed by atoms with E-state index in [4.69, 9.17) is 0 Å². The highest BCUT2D eigenvalue weighted by Gasteiger charge is 2.42. The fourth-order valence-corrected chi connectivity index (χ4v) is 3.34. The normalized spacial score (nSPS) is 30.1. The van der Waals surface area contributed by atoms with Crippen molar-refractivity contribution in [3.05, 3.63) is 29.8 Å². The number of phenols is 1. The zero-order chi connectivity index (χ0) is 14.0. The fourth-order valence-electron chi connectivity index (χ4n) is 3.34. The molecule has 1 fully saturated rings. The molecular weight excluding hydrogens is 274 g/mol. The van der Waals surface area contributed by atoms with E-state index in [-0.39, 0.29) is 24.1 Å². The SMILES string of the molecule is CC1CCC(CN(C)C)C(O)(c2cccc(O)c2)C1.Cl. The van der Waals surface area contributed by atoms with E-state index in [1.54, 1.807) is 12.1 Å². The summed E-state index contributed by atoms with van der Waals surface area (Å²) >= 11 is 0. The van der Waals surface area contributed by atoms with Crippen molar-refractivity contribution < 1.29 is 10.2 Å². The van der Waals surface area contributed by atoms with E-state index in [0.29, 0.717) is 5.92 Å². The van der Waals surface area contributed by atoms with Crippen LogP contribution in [0.5, 0.6) is 5.75 Å².